The van der Waals surface area contributed by atoms with E-state index in [4.69, 9.17) is 5.73 Å². The second-order valence-electron chi connectivity index (χ2n) is 5.26. The van der Waals surface area contributed by atoms with Crippen LogP contribution < -0.4 is 5.73 Å². The molecule has 2 heterocycles. The van der Waals surface area contributed by atoms with Gasteiger partial charge in [0.2, 0.25) is 0 Å². The van der Waals surface area contributed by atoms with Crippen molar-refractivity contribution in [2.75, 3.05) is 18.8 Å². The number of nitrogen functional groups attached to an aromatic ring is 1. The summed E-state index contributed by atoms with van der Waals surface area (Å²) in [4.78, 5) is 17.3. The Morgan fingerprint density at radius 2 is 1.91 bits per heavy atom. The summed E-state index contributed by atoms with van der Waals surface area (Å²) in [6, 6.07) is 4.10. The first-order chi connectivity index (χ1) is 10.6. The van der Waals surface area contributed by atoms with Crippen LogP contribution in [0.25, 0.3) is 10.4 Å². The molecule has 0 fully saturated rings. The van der Waals surface area contributed by atoms with Crippen LogP contribution in [-0.4, -0.2) is 23.9 Å². The molecule has 0 radical (unpaired) electrons. The molecule has 0 spiro atoms. The summed E-state index contributed by atoms with van der Waals surface area (Å²) in [5.74, 6) is 0.0838. The van der Waals surface area contributed by atoms with E-state index in [1.165, 1.54) is 4.88 Å². The normalized spacial score (nSPS) is 10.9. The molecule has 1 amide bonds. The lowest BCUT2D eigenvalue weighted by Gasteiger charge is -2.22. The molecule has 2 aromatic heterocycles. The average Bonchev–Trinajstić information content (AvgIpc) is 3.13. The summed E-state index contributed by atoms with van der Waals surface area (Å²) in [5, 5.41) is 2.70. The van der Waals surface area contributed by atoms with Gasteiger partial charge >= 0.3 is 0 Å². The van der Waals surface area contributed by atoms with Crippen molar-refractivity contribution in [3.05, 3.63) is 28.0 Å². The molecule has 0 saturated heterocycles. The number of carbonyl (C=O) groups is 1. The van der Waals surface area contributed by atoms with Crippen LogP contribution in [0.5, 0.6) is 0 Å². The van der Waals surface area contributed by atoms with Gasteiger partial charge in [-0.1, -0.05) is 26.8 Å². The van der Waals surface area contributed by atoms with Crippen molar-refractivity contribution in [1.29, 1.82) is 0 Å². The molecule has 0 aliphatic carbocycles. The lowest BCUT2D eigenvalue weighted by molar-refractivity contribution is 0.0758. The van der Waals surface area contributed by atoms with Gasteiger partial charge in [0, 0.05) is 28.4 Å². The van der Waals surface area contributed by atoms with E-state index < -0.39 is 0 Å². The molecular weight excluding hydrogens is 312 g/mol. The van der Waals surface area contributed by atoms with Gasteiger partial charge in [-0.2, -0.15) is 0 Å². The monoisotopic (exact) mass is 336 g/mol. The molecule has 2 N–H and O–H groups in total. The van der Waals surface area contributed by atoms with E-state index in [2.05, 4.69) is 26.8 Å². The Labute approximate surface area is 140 Å². The first-order valence-electron chi connectivity index (χ1n) is 7.88. The highest BCUT2D eigenvalue weighted by Gasteiger charge is 2.26. The molecule has 0 aromatic carbocycles. The fourth-order valence-electron chi connectivity index (χ4n) is 2.65. The van der Waals surface area contributed by atoms with Crippen LogP contribution in [0.2, 0.25) is 0 Å². The van der Waals surface area contributed by atoms with Gasteiger partial charge in [-0.3, -0.25) is 4.79 Å². The van der Waals surface area contributed by atoms with Crippen molar-refractivity contribution < 1.29 is 4.79 Å². The van der Waals surface area contributed by atoms with E-state index in [-0.39, 0.29) is 5.91 Å². The maximum atomic E-state index is 13.0. The second kappa shape index (κ2) is 7.79. The molecule has 0 bridgehead atoms. The summed E-state index contributed by atoms with van der Waals surface area (Å²) < 4.78 is 0. The van der Waals surface area contributed by atoms with Gasteiger partial charge in [-0.15, -0.1) is 22.7 Å². The Balaban J connectivity index is 2.49. The summed E-state index contributed by atoms with van der Waals surface area (Å²) in [5.41, 5.74) is 8.00. The lowest BCUT2D eigenvalue weighted by atomic mass is 10.1. The standard InChI is InChI=1S/C17H24N2OS2/c1-4-9-19(10-5-2)17(20)15-14(13-8-7-11-21-13)12(6-3)22-16(15)18/h7-8,11H,4-6,9-10,18H2,1-3H3. The third-order valence-electron chi connectivity index (χ3n) is 3.59. The van der Waals surface area contributed by atoms with Crippen LogP contribution in [0.1, 0.15) is 48.8 Å². The maximum absolute atomic E-state index is 13.0. The third kappa shape index (κ3) is 3.36. The van der Waals surface area contributed by atoms with Crippen LogP contribution in [0, 0.1) is 0 Å². The highest BCUT2D eigenvalue weighted by molar-refractivity contribution is 7.18. The van der Waals surface area contributed by atoms with Crippen LogP contribution in [0.4, 0.5) is 5.00 Å². The Morgan fingerprint density at radius 3 is 2.41 bits per heavy atom. The molecule has 3 nitrogen and oxygen atoms in total. The summed E-state index contributed by atoms with van der Waals surface area (Å²) in [6.07, 6.45) is 2.83. The predicted octanol–water partition coefficient (Wildman–Crippen LogP) is 4.88. The minimum Gasteiger partial charge on any atom is -0.390 e. The number of nitrogens with zero attached hydrogens (tertiary/aromatic N) is 1. The van der Waals surface area contributed by atoms with Crippen LogP contribution >= 0.6 is 22.7 Å². The topological polar surface area (TPSA) is 46.3 Å². The molecule has 0 aliphatic rings. The number of hydrogen-bond acceptors (Lipinski definition) is 4. The number of thiophene rings is 2. The average molecular weight is 337 g/mol. The maximum Gasteiger partial charge on any atom is 0.257 e. The number of anilines is 1. The van der Waals surface area contributed by atoms with Gasteiger partial charge in [0.25, 0.3) is 5.91 Å². The number of hydrogen-bond donors (Lipinski definition) is 1. The van der Waals surface area contributed by atoms with Crippen molar-refractivity contribution in [1.82, 2.24) is 4.90 Å². The predicted molar refractivity (Wildman–Crippen MR) is 97.9 cm³/mol. The Kier molecular flexibility index (Phi) is 6.03. The zero-order valence-electron chi connectivity index (χ0n) is 13.5. The Bertz CT molecular complexity index is 611. The first-order valence-corrected chi connectivity index (χ1v) is 9.57. The minimum absolute atomic E-state index is 0.0838. The molecule has 5 heteroatoms. The molecular formula is C17H24N2OS2. The summed E-state index contributed by atoms with van der Waals surface area (Å²) >= 11 is 3.23. The van der Waals surface area contributed by atoms with E-state index in [1.54, 1.807) is 22.7 Å². The zero-order chi connectivity index (χ0) is 16.1. The highest BCUT2D eigenvalue weighted by atomic mass is 32.1. The molecule has 0 unspecified atom stereocenters. The van der Waals surface area contributed by atoms with Crippen LogP contribution in [0.15, 0.2) is 17.5 Å². The van der Waals surface area contributed by atoms with Crippen LogP contribution in [0.3, 0.4) is 0 Å². The van der Waals surface area contributed by atoms with Crippen molar-refractivity contribution in [2.24, 2.45) is 0 Å². The Morgan fingerprint density at radius 1 is 1.23 bits per heavy atom. The van der Waals surface area contributed by atoms with Gasteiger partial charge in [0.15, 0.2) is 0 Å². The van der Waals surface area contributed by atoms with Gasteiger partial charge in [-0.05, 0) is 30.7 Å². The first kappa shape index (κ1) is 17.0. The molecule has 0 atom stereocenters. The summed E-state index contributed by atoms with van der Waals surface area (Å²) in [7, 11) is 0. The third-order valence-corrected chi connectivity index (χ3v) is 5.64. The van der Waals surface area contributed by atoms with Crippen molar-refractivity contribution in [3.63, 3.8) is 0 Å². The molecule has 2 aromatic rings. The van der Waals surface area contributed by atoms with Gasteiger partial charge < -0.3 is 10.6 Å². The molecule has 0 saturated carbocycles. The largest absolute Gasteiger partial charge is 0.390 e. The highest BCUT2D eigenvalue weighted by Crippen LogP contribution is 2.41. The lowest BCUT2D eigenvalue weighted by Crippen LogP contribution is -2.33. The number of nitrogens with two attached hydrogens (primary N) is 1. The smallest absolute Gasteiger partial charge is 0.257 e. The zero-order valence-corrected chi connectivity index (χ0v) is 15.1. The number of amides is 1. The molecule has 120 valence electrons. The number of aryl methyl sites for hydroxylation is 1. The van der Waals surface area contributed by atoms with Gasteiger partial charge in [0.1, 0.15) is 0 Å². The molecule has 2 rings (SSSR count). The fourth-order valence-corrected chi connectivity index (χ4v) is 4.54. The number of carbonyl (C=O) groups excluding carboxylic acids is 1. The van der Waals surface area contributed by atoms with E-state index in [0.717, 1.165) is 42.8 Å². The fraction of sp³-hybridized carbons (Fsp3) is 0.471. The van der Waals surface area contributed by atoms with Gasteiger partial charge in [0.05, 0.1) is 10.6 Å². The van der Waals surface area contributed by atoms with E-state index in [0.29, 0.717) is 10.6 Å². The molecule has 22 heavy (non-hydrogen) atoms. The Hall–Kier alpha value is -1.33. The van der Waals surface area contributed by atoms with Crippen molar-refractivity contribution in [2.45, 2.75) is 40.0 Å². The van der Waals surface area contributed by atoms with Crippen molar-refractivity contribution in [3.8, 4) is 10.4 Å². The second-order valence-corrected chi connectivity index (χ2v) is 7.35. The molecule has 0 aliphatic heterocycles. The van der Waals surface area contributed by atoms with Crippen LogP contribution in [-0.2, 0) is 6.42 Å². The van der Waals surface area contributed by atoms with E-state index in [1.807, 2.05) is 16.3 Å². The van der Waals surface area contributed by atoms with E-state index >= 15 is 0 Å². The van der Waals surface area contributed by atoms with Crippen molar-refractivity contribution >= 4 is 33.6 Å². The SMILES string of the molecule is CCCN(CCC)C(=O)c1c(N)sc(CC)c1-c1cccs1. The quantitative estimate of drug-likeness (QED) is 0.783. The van der Waals surface area contributed by atoms with E-state index in [9.17, 15) is 4.79 Å². The van der Waals surface area contributed by atoms with Gasteiger partial charge in [-0.25, -0.2) is 0 Å². The summed E-state index contributed by atoms with van der Waals surface area (Å²) in [6.45, 7) is 7.89. The number of rotatable bonds is 7. The minimum atomic E-state index is 0.0838.